The van der Waals surface area contributed by atoms with Crippen LogP contribution in [0.2, 0.25) is 0 Å². The van der Waals surface area contributed by atoms with Gasteiger partial charge in [-0.2, -0.15) is 0 Å². The Bertz CT molecular complexity index is 440. The van der Waals surface area contributed by atoms with E-state index >= 15 is 0 Å². The van der Waals surface area contributed by atoms with E-state index in [1.54, 1.807) is 12.1 Å². The molecular weight excluding hydrogens is 217 g/mol. The Morgan fingerprint density at radius 1 is 1.41 bits per heavy atom. The molecule has 0 amide bonds. The molecule has 0 radical (unpaired) electrons. The molecule has 17 heavy (non-hydrogen) atoms. The largest absolute Gasteiger partial charge is 0.365 e. The summed E-state index contributed by atoms with van der Waals surface area (Å²) in [5, 5.41) is 0. The Hall–Kier alpha value is -1.64. The normalized spacial score (nSPS) is 10.1. The highest BCUT2D eigenvalue weighted by Gasteiger charge is 2.17. The molecule has 0 saturated heterocycles. The molecule has 0 aliphatic heterocycles. The molecule has 3 heteroatoms. The smallest absolute Gasteiger partial charge is 0.161 e. The fourth-order valence-corrected chi connectivity index (χ4v) is 1.80. The van der Waals surface area contributed by atoms with E-state index in [1.807, 2.05) is 18.7 Å². The van der Waals surface area contributed by atoms with Crippen LogP contribution in [0.1, 0.15) is 31.1 Å². The number of halogens is 1. The number of para-hydroxylation sites is 1. The predicted octanol–water partition coefficient (Wildman–Crippen LogP) is 3.43. The van der Waals surface area contributed by atoms with E-state index in [0.717, 1.165) is 5.57 Å². The van der Waals surface area contributed by atoms with Gasteiger partial charge in [0.25, 0.3) is 0 Å². The molecule has 0 saturated carbocycles. The van der Waals surface area contributed by atoms with Crippen molar-refractivity contribution in [1.82, 2.24) is 0 Å². The zero-order valence-corrected chi connectivity index (χ0v) is 10.6. The molecule has 0 aliphatic carbocycles. The second-order valence-corrected chi connectivity index (χ2v) is 4.16. The first-order valence-electron chi connectivity index (χ1n) is 5.66. The summed E-state index contributed by atoms with van der Waals surface area (Å²) in [6, 6.07) is 4.59. The van der Waals surface area contributed by atoms with Crippen LogP contribution >= 0.6 is 0 Å². The lowest BCUT2D eigenvalue weighted by molar-refractivity contribution is 0.101. The second-order valence-electron chi connectivity index (χ2n) is 4.16. The maximum absolute atomic E-state index is 13.9. The molecule has 0 atom stereocenters. The molecule has 0 unspecified atom stereocenters. The van der Waals surface area contributed by atoms with Gasteiger partial charge >= 0.3 is 0 Å². The van der Waals surface area contributed by atoms with Crippen LogP contribution in [0, 0.1) is 5.82 Å². The van der Waals surface area contributed by atoms with Gasteiger partial charge in [-0.1, -0.05) is 18.2 Å². The Morgan fingerprint density at radius 2 is 2.06 bits per heavy atom. The lowest BCUT2D eigenvalue weighted by Crippen LogP contribution is -2.27. The van der Waals surface area contributed by atoms with E-state index in [1.165, 1.54) is 13.0 Å². The number of hydrogen-bond donors (Lipinski definition) is 0. The topological polar surface area (TPSA) is 20.3 Å². The number of Topliss-reactive ketones (excluding diaryl/α,β-unsaturated/α-hetero) is 1. The minimum absolute atomic E-state index is 0.125. The molecule has 0 fully saturated rings. The van der Waals surface area contributed by atoms with Crippen molar-refractivity contribution in [2.45, 2.75) is 20.8 Å². The van der Waals surface area contributed by atoms with Gasteiger partial charge in [0.1, 0.15) is 5.82 Å². The van der Waals surface area contributed by atoms with Crippen molar-refractivity contribution in [3.8, 4) is 0 Å². The van der Waals surface area contributed by atoms with Gasteiger partial charge in [-0.25, -0.2) is 4.39 Å². The van der Waals surface area contributed by atoms with E-state index in [4.69, 9.17) is 0 Å². The van der Waals surface area contributed by atoms with Crippen LogP contribution in [0.15, 0.2) is 30.4 Å². The molecule has 0 heterocycles. The minimum Gasteiger partial charge on any atom is -0.365 e. The zero-order valence-electron chi connectivity index (χ0n) is 10.6. The molecule has 2 nitrogen and oxygen atoms in total. The number of nitrogens with zero attached hydrogens (tertiary/aromatic N) is 1. The molecule has 0 aliphatic rings. The van der Waals surface area contributed by atoms with Crippen LogP contribution in [0.3, 0.4) is 0 Å². The SMILES string of the molecule is C=C(C)CN(CC)c1c(F)cccc1C(C)=O. The molecule has 0 N–H and O–H groups in total. The van der Waals surface area contributed by atoms with Crippen molar-refractivity contribution < 1.29 is 9.18 Å². The van der Waals surface area contributed by atoms with Crippen LogP contribution in [0.4, 0.5) is 10.1 Å². The van der Waals surface area contributed by atoms with Crippen LogP contribution in [0.5, 0.6) is 0 Å². The standard InChI is InChI=1S/C14H18FNO/c1-5-16(9-10(2)3)14-12(11(4)17)7-6-8-13(14)15/h6-8H,2,5,9H2,1,3-4H3. The van der Waals surface area contributed by atoms with Gasteiger partial charge in [-0.05, 0) is 32.9 Å². The van der Waals surface area contributed by atoms with Gasteiger partial charge in [0, 0.05) is 18.7 Å². The maximum atomic E-state index is 13.9. The molecule has 1 aromatic rings. The summed E-state index contributed by atoms with van der Waals surface area (Å²) in [4.78, 5) is 13.3. The van der Waals surface area contributed by atoms with Crippen molar-refractivity contribution >= 4 is 11.5 Å². The lowest BCUT2D eigenvalue weighted by Gasteiger charge is -2.25. The highest BCUT2D eigenvalue weighted by molar-refractivity contribution is 5.99. The van der Waals surface area contributed by atoms with E-state index in [-0.39, 0.29) is 11.6 Å². The van der Waals surface area contributed by atoms with Crippen LogP contribution in [-0.2, 0) is 0 Å². The highest BCUT2D eigenvalue weighted by Crippen LogP contribution is 2.25. The third-order valence-electron chi connectivity index (χ3n) is 2.52. The Balaban J connectivity index is 3.25. The Kier molecular flexibility index (Phi) is 4.44. The predicted molar refractivity (Wildman–Crippen MR) is 69.1 cm³/mol. The van der Waals surface area contributed by atoms with E-state index < -0.39 is 0 Å². The summed E-state index contributed by atoms with van der Waals surface area (Å²) in [7, 11) is 0. The summed E-state index contributed by atoms with van der Waals surface area (Å²) in [5.74, 6) is -0.486. The minimum atomic E-state index is -0.360. The molecule has 0 aromatic heterocycles. The summed E-state index contributed by atoms with van der Waals surface area (Å²) in [5.41, 5.74) is 1.74. The molecule has 0 spiro atoms. The van der Waals surface area contributed by atoms with Crippen molar-refractivity contribution in [2.24, 2.45) is 0 Å². The zero-order chi connectivity index (χ0) is 13.0. The van der Waals surface area contributed by atoms with Gasteiger partial charge in [0.15, 0.2) is 5.78 Å². The van der Waals surface area contributed by atoms with Crippen molar-refractivity contribution in [3.05, 3.63) is 41.7 Å². The van der Waals surface area contributed by atoms with E-state index in [9.17, 15) is 9.18 Å². The first kappa shape index (κ1) is 13.4. The Morgan fingerprint density at radius 3 is 2.53 bits per heavy atom. The number of anilines is 1. The number of rotatable bonds is 5. The molecule has 1 rings (SSSR count). The summed E-state index contributed by atoms with van der Waals surface area (Å²) in [6.07, 6.45) is 0. The van der Waals surface area contributed by atoms with Crippen molar-refractivity contribution in [1.29, 1.82) is 0 Å². The number of benzene rings is 1. The van der Waals surface area contributed by atoms with Crippen molar-refractivity contribution in [2.75, 3.05) is 18.0 Å². The quantitative estimate of drug-likeness (QED) is 0.575. The average Bonchev–Trinajstić information content (AvgIpc) is 2.25. The van der Waals surface area contributed by atoms with Gasteiger partial charge in [-0.3, -0.25) is 4.79 Å². The van der Waals surface area contributed by atoms with E-state index in [2.05, 4.69) is 6.58 Å². The summed E-state index contributed by atoms with van der Waals surface area (Å²) < 4.78 is 13.9. The maximum Gasteiger partial charge on any atom is 0.161 e. The number of carbonyl (C=O) groups is 1. The summed E-state index contributed by atoms with van der Waals surface area (Å²) >= 11 is 0. The third-order valence-corrected chi connectivity index (χ3v) is 2.52. The number of carbonyl (C=O) groups excluding carboxylic acids is 1. The molecule has 0 bridgehead atoms. The van der Waals surface area contributed by atoms with Gasteiger partial charge in [0.05, 0.1) is 5.69 Å². The summed E-state index contributed by atoms with van der Waals surface area (Å²) in [6.45, 7) is 10.3. The second kappa shape index (κ2) is 5.62. The Labute approximate surface area is 102 Å². The number of likely N-dealkylation sites (N-methyl/N-ethyl adjacent to an activating group) is 1. The van der Waals surface area contributed by atoms with Crippen LogP contribution in [-0.4, -0.2) is 18.9 Å². The molecular formula is C14H18FNO. The van der Waals surface area contributed by atoms with Gasteiger partial charge in [0.2, 0.25) is 0 Å². The average molecular weight is 235 g/mol. The highest BCUT2D eigenvalue weighted by atomic mass is 19.1. The first-order chi connectivity index (χ1) is 7.97. The fourth-order valence-electron chi connectivity index (χ4n) is 1.80. The number of hydrogen-bond acceptors (Lipinski definition) is 2. The van der Waals surface area contributed by atoms with Crippen LogP contribution < -0.4 is 4.90 Å². The van der Waals surface area contributed by atoms with Gasteiger partial charge < -0.3 is 4.90 Å². The van der Waals surface area contributed by atoms with E-state index in [0.29, 0.717) is 24.3 Å². The third kappa shape index (κ3) is 3.16. The first-order valence-corrected chi connectivity index (χ1v) is 5.66. The monoisotopic (exact) mass is 235 g/mol. The molecule has 92 valence electrons. The van der Waals surface area contributed by atoms with Gasteiger partial charge in [-0.15, -0.1) is 0 Å². The van der Waals surface area contributed by atoms with Crippen LogP contribution in [0.25, 0.3) is 0 Å². The van der Waals surface area contributed by atoms with Crippen molar-refractivity contribution in [3.63, 3.8) is 0 Å². The lowest BCUT2D eigenvalue weighted by atomic mass is 10.1. The molecule has 1 aromatic carbocycles. The fraction of sp³-hybridized carbons (Fsp3) is 0.357. The number of ketones is 1.